The third-order valence-corrected chi connectivity index (χ3v) is 3.42. The SMILES string of the molecule is O=c1oc2c(Br)cccc2cc1-c1ccccc1. The van der Waals surface area contributed by atoms with Crippen LogP contribution in [0, 0.1) is 0 Å². The summed E-state index contributed by atoms with van der Waals surface area (Å²) in [6.45, 7) is 0. The lowest BCUT2D eigenvalue weighted by Gasteiger charge is -2.03. The molecule has 18 heavy (non-hydrogen) atoms. The summed E-state index contributed by atoms with van der Waals surface area (Å²) in [5.41, 5.74) is 1.72. The van der Waals surface area contributed by atoms with Crippen LogP contribution in [0.25, 0.3) is 22.1 Å². The molecule has 0 saturated carbocycles. The molecule has 0 atom stereocenters. The second kappa shape index (κ2) is 4.42. The molecule has 0 saturated heterocycles. The topological polar surface area (TPSA) is 30.2 Å². The third kappa shape index (κ3) is 1.87. The number of fused-ring (bicyclic) bond motifs is 1. The minimum Gasteiger partial charge on any atom is -0.421 e. The van der Waals surface area contributed by atoms with Crippen molar-refractivity contribution in [3.63, 3.8) is 0 Å². The number of hydrogen-bond donors (Lipinski definition) is 0. The normalized spacial score (nSPS) is 10.7. The van der Waals surface area contributed by atoms with Crippen LogP contribution in [-0.2, 0) is 0 Å². The van der Waals surface area contributed by atoms with Crippen molar-refractivity contribution in [2.24, 2.45) is 0 Å². The fourth-order valence-electron chi connectivity index (χ4n) is 1.93. The van der Waals surface area contributed by atoms with Gasteiger partial charge < -0.3 is 4.42 Å². The van der Waals surface area contributed by atoms with Crippen molar-refractivity contribution in [2.45, 2.75) is 0 Å². The molecule has 0 unspecified atom stereocenters. The van der Waals surface area contributed by atoms with Crippen LogP contribution >= 0.6 is 15.9 Å². The van der Waals surface area contributed by atoms with Gasteiger partial charge in [-0.15, -0.1) is 0 Å². The molecule has 0 aliphatic rings. The largest absolute Gasteiger partial charge is 0.421 e. The zero-order chi connectivity index (χ0) is 12.5. The van der Waals surface area contributed by atoms with E-state index in [9.17, 15) is 4.79 Å². The molecule has 0 radical (unpaired) electrons. The van der Waals surface area contributed by atoms with Crippen molar-refractivity contribution >= 4 is 26.9 Å². The Morgan fingerprint density at radius 3 is 2.50 bits per heavy atom. The van der Waals surface area contributed by atoms with E-state index in [2.05, 4.69) is 15.9 Å². The highest BCUT2D eigenvalue weighted by Gasteiger charge is 2.08. The average molecular weight is 301 g/mol. The zero-order valence-electron chi connectivity index (χ0n) is 9.39. The minimum atomic E-state index is -0.319. The summed E-state index contributed by atoms with van der Waals surface area (Å²) in [5, 5.41) is 0.905. The Hall–Kier alpha value is -1.87. The van der Waals surface area contributed by atoms with Crippen LogP contribution in [0.1, 0.15) is 0 Å². The maximum atomic E-state index is 12.0. The predicted octanol–water partition coefficient (Wildman–Crippen LogP) is 4.22. The van der Waals surface area contributed by atoms with E-state index in [0.717, 1.165) is 15.4 Å². The second-order valence-corrected chi connectivity index (χ2v) is 4.83. The van der Waals surface area contributed by atoms with E-state index in [-0.39, 0.29) is 5.63 Å². The predicted molar refractivity (Wildman–Crippen MR) is 75.6 cm³/mol. The van der Waals surface area contributed by atoms with Gasteiger partial charge in [-0.05, 0) is 33.6 Å². The Kier molecular flexibility index (Phi) is 2.76. The molecule has 0 amide bonds. The molecule has 88 valence electrons. The van der Waals surface area contributed by atoms with Crippen molar-refractivity contribution in [3.8, 4) is 11.1 Å². The first-order chi connectivity index (χ1) is 8.75. The monoisotopic (exact) mass is 300 g/mol. The van der Waals surface area contributed by atoms with E-state index in [1.54, 1.807) is 0 Å². The van der Waals surface area contributed by atoms with E-state index in [0.29, 0.717) is 11.1 Å². The molecule has 1 heterocycles. The van der Waals surface area contributed by atoms with Gasteiger partial charge in [-0.2, -0.15) is 0 Å². The Morgan fingerprint density at radius 2 is 1.72 bits per heavy atom. The Morgan fingerprint density at radius 1 is 0.944 bits per heavy atom. The van der Waals surface area contributed by atoms with Crippen molar-refractivity contribution in [3.05, 3.63) is 69.5 Å². The molecule has 0 bridgehead atoms. The van der Waals surface area contributed by atoms with Crippen LogP contribution in [0.4, 0.5) is 0 Å². The van der Waals surface area contributed by atoms with Gasteiger partial charge in [0, 0.05) is 5.39 Å². The summed E-state index contributed by atoms with van der Waals surface area (Å²) in [4.78, 5) is 12.0. The first-order valence-electron chi connectivity index (χ1n) is 5.53. The molecule has 2 nitrogen and oxygen atoms in total. The number of hydrogen-bond acceptors (Lipinski definition) is 2. The zero-order valence-corrected chi connectivity index (χ0v) is 11.0. The van der Waals surface area contributed by atoms with Gasteiger partial charge in [0.2, 0.25) is 0 Å². The lowest BCUT2D eigenvalue weighted by molar-refractivity contribution is 0.562. The highest BCUT2D eigenvalue weighted by atomic mass is 79.9. The van der Waals surface area contributed by atoms with Crippen LogP contribution in [0.15, 0.2) is 68.3 Å². The molecular weight excluding hydrogens is 292 g/mol. The smallest absolute Gasteiger partial charge is 0.344 e. The molecule has 0 N–H and O–H groups in total. The van der Waals surface area contributed by atoms with Crippen molar-refractivity contribution in [2.75, 3.05) is 0 Å². The lowest BCUT2D eigenvalue weighted by atomic mass is 10.1. The average Bonchev–Trinajstić information content (AvgIpc) is 2.40. The van der Waals surface area contributed by atoms with E-state index in [1.807, 2.05) is 54.6 Å². The van der Waals surface area contributed by atoms with E-state index in [4.69, 9.17) is 4.42 Å². The number of halogens is 1. The number of rotatable bonds is 1. The maximum absolute atomic E-state index is 12.0. The summed E-state index contributed by atoms with van der Waals surface area (Å²) >= 11 is 3.38. The van der Waals surface area contributed by atoms with Gasteiger partial charge in [-0.3, -0.25) is 0 Å². The molecule has 1 aromatic heterocycles. The van der Waals surface area contributed by atoms with Crippen LogP contribution < -0.4 is 5.63 Å². The molecule has 0 aliphatic heterocycles. The fraction of sp³-hybridized carbons (Fsp3) is 0. The Labute approximate surface area is 112 Å². The minimum absolute atomic E-state index is 0.319. The summed E-state index contributed by atoms with van der Waals surface area (Å²) in [5.74, 6) is 0. The summed E-state index contributed by atoms with van der Waals surface area (Å²) in [7, 11) is 0. The van der Waals surface area contributed by atoms with Crippen LogP contribution in [-0.4, -0.2) is 0 Å². The third-order valence-electron chi connectivity index (χ3n) is 2.80. The first-order valence-corrected chi connectivity index (χ1v) is 6.33. The van der Waals surface area contributed by atoms with Gasteiger partial charge >= 0.3 is 5.63 Å². The molecule has 0 fully saturated rings. The van der Waals surface area contributed by atoms with E-state index in [1.165, 1.54) is 0 Å². The quantitative estimate of drug-likeness (QED) is 0.630. The number of benzene rings is 2. The highest BCUT2D eigenvalue weighted by Crippen LogP contribution is 2.25. The summed E-state index contributed by atoms with van der Waals surface area (Å²) in [6.07, 6.45) is 0. The van der Waals surface area contributed by atoms with Gasteiger partial charge in [0.05, 0.1) is 10.0 Å². The van der Waals surface area contributed by atoms with Crippen LogP contribution in [0.3, 0.4) is 0 Å². The molecule has 0 spiro atoms. The van der Waals surface area contributed by atoms with E-state index >= 15 is 0 Å². The molecule has 2 aromatic carbocycles. The molecular formula is C15H9BrO2. The molecule has 3 rings (SSSR count). The van der Waals surface area contributed by atoms with Crippen molar-refractivity contribution in [1.82, 2.24) is 0 Å². The standard InChI is InChI=1S/C15H9BrO2/c16-13-8-4-7-11-9-12(15(17)18-14(11)13)10-5-2-1-3-6-10/h1-9H. The van der Waals surface area contributed by atoms with Crippen LogP contribution in [0.2, 0.25) is 0 Å². The van der Waals surface area contributed by atoms with Gasteiger partial charge in [0.1, 0.15) is 0 Å². The van der Waals surface area contributed by atoms with E-state index < -0.39 is 0 Å². The van der Waals surface area contributed by atoms with Gasteiger partial charge in [0.15, 0.2) is 5.58 Å². The Bertz CT molecular complexity index is 760. The van der Waals surface area contributed by atoms with Gasteiger partial charge in [-0.25, -0.2) is 4.79 Å². The summed E-state index contributed by atoms with van der Waals surface area (Å²) < 4.78 is 6.16. The first kappa shape index (κ1) is 11.2. The Balaban J connectivity index is 2.33. The molecule has 3 aromatic rings. The molecule has 3 heteroatoms. The fourth-order valence-corrected chi connectivity index (χ4v) is 2.39. The summed E-state index contributed by atoms with van der Waals surface area (Å²) in [6, 6.07) is 17.1. The van der Waals surface area contributed by atoms with Crippen LogP contribution in [0.5, 0.6) is 0 Å². The number of para-hydroxylation sites is 1. The van der Waals surface area contributed by atoms with Crippen molar-refractivity contribution in [1.29, 1.82) is 0 Å². The van der Waals surface area contributed by atoms with Gasteiger partial charge in [-0.1, -0.05) is 42.5 Å². The maximum Gasteiger partial charge on any atom is 0.344 e. The van der Waals surface area contributed by atoms with Gasteiger partial charge in [0.25, 0.3) is 0 Å². The molecule has 0 aliphatic carbocycles. The van der Waals surface area contributed by atoms with Crippen molar-refractivity contribution < 1.29 is 4.42 Å². The highest BCUT2D eigenvalue weighted by molar-refractivity contribution is 9.10. The lowest BCUT2D eigenvalue weighted by Crippen LogP contribution is -2.02. The second-order valence-electron chi connectivity index (χ2n) is 3.97.